The Bertz CT molecular complexity index is 410. The molecule has 4 nitrogen and oxygen atoms in total. The molecule has 0 radical (unpaired) electrons. The molecule has 0 spiro atoms. The molecule has 120 valence electrons. The van der Waals surface area contributed by atoms with Gasteiger partial charge in [0.1, 0.15) is 0 Å². The molecule has 1 unspecified atom stereocenters. The summed E-state index contributed by atoms with van der Waals surface area (Å²) >= 11 is 0. The molecule has 5 heteroatoms. The molecule has 1 aliphatic heterocycles. The van der Waals surface area contributed by atoms with Gasteiger partial charge in [-0.25, -0.2) is 12.7 Å². The first kappa shape index (κ1) is 17.9. The van der Waals surface area contributed by atoms with E-state index < -0.39 is 10.0 Å². The molecule has 1 N–H and O–H groups in total. The molecule has 20 heavy (non-hydrogen) atoms. The summed E-state index contributed by atoms with van der Waals surface area (Å²) in [6.07, 6.45) is 4.52. The van der Waals surface area contributed by atoms with Crippen molar-refractivity contribution < 1.29 is 8.42 Å². The second-order valence-corrected chi connectivity index (χ2v) is 10.1. The molecule has 0 aromatic carbocycles. The summed E-state index contributed by atoms with van der Waals surface area (Å²) in [6, 6.07) is 0. The van der Waals surface area contributed by atoms with Gasteiger partial charge in [0.25, 0.3) is 0 Å². The number of piperidine rings is 1. The number of rotatable bonds is 5. The smallest absolute Gasteiger partial charge is 0.211 e. The molecular weight excluding hydrogens is 272 g/mol. The zero-order chi connectivity index (χ0) is 15.6. The number of hydrogen-bond acceptors (Lipinski definition) is 3. The maximum Gasteiger partial charge on any atom is 0.211 e. The monoisotopic (exact) mass is 304 g/mol. The van der Waals surface area contributed by atoms with Gasteiger partial charge in [0.05, 0.1) is 6.26 Å². The SMILES string of the molecule is CC(C)(CNC(C)(C)C)CC1CCCN(S(C)(=O)=O)C1. The number of nitrogens with zero attached hydrogens (tertiary/aromatic N) is 1. The van der Waals surface area contributed by atoms with Crippen molar-refractivity contribution in [2.75, 3.05) is 25.9 Å². The van der Waals surface area contributed by atoms with Crippen LogP contribution in [0, 0.1) is 11.3 Å². The van der Waals surface area contributed by atoms with Gasteiger partial charge >= 0.3 is 0 Å². The average molecular weight is 304 g/mol. The highest BCUT2D eigenvalue weighted by Crippen LogP contribution is 2.31. The second kappa shape index (κ2) is 6.32. The Hall–Kier alpha value is -0.130. The number of hydrogen-bond donors (Lipinski definition) is 1. The van der Waals surface area contributed by atoms with E-state index in [1.54, 1.807) is 4.31 Å². The van der Waals surface area contributed by atoms with E-state index in [0.29, 0.717) is 19.0 Å². The average Bonchev–Trinajstić information content (AvgIpc) is 2.24. The molecule has 0 aromatic heterocycles. The molecule has 0 aromatic rings. The van der Waals surface area contributed by atoms with Crippen LogP contribution in [-0.2, 0) is 10.0 Å². The van der Waals surface area contributed by atoms with Gasteiger partial charge < -0.3 is 5.32 Å². The fraction of sp³-hybridized carbons (Fsp3) is 1.00. The maximum atomic E-state index is 11.7. The number of nitrogens with one attached hydrogen (secondary N) is 1. The quantitative estimate of drug-likeness (QED) is 0.849. The first-order chi connectivity index (χ1) is 8.89. The van der Waals surface area contributed by atoms with Crippen LogP contribution in [0.15, 0.2) is 0 Å². The Labute approximate surface area is 125 Å². The highest BCUT2D eigenvalue weighted by atomic mass is 32.2. The molecule has 0 amide bonds. The molecular formula is C15H32N2O2S. The van der Waals surface area contributed by atoms with Crippen LogP contribution in [-0.4, -0.2) is 44.2 Å². The summed E-state index contributed by atoms with van der Waals surface area (Å²) in [5.41, 5.74) is 0.321. The van der Waals surface area contributed by atoms with E-state index in [1.807, 2.05) is 0 Å². The first-order valence-electron chi connectivity index (χ1n) is 7.59. The van der Waals surface area contributed by atoms with Crippen LogP contribution in [0.25, 0.3) is 0 Å². The topological polar surface area (TPSA) is 49.4 Å². The van der Waals surface area contributed by atoms with Crippen molar-refractivity contribution in [3.63, 3.8) is 0 Å². The van der Waals surface area contributed by atoms with Gasteiger partial charge in [0.2, 0.25) is 10.0 Å². The lowest BCUT2D eigenvalue weighted by atomic mass is 9.79. The van der Waals surface area contributed by atoms with E-state index in [1.165, 1.54) is 6.26 Å². The van der Waals surface area contributed by atoms with Crippen LogP contribution in [0.3, 0.4) is 0 Å². The van der Waals surface area contributed by atoms with Crippen molar-refractivity contribution in [2.24, 2.45) is 11.3 Å². The van der Waals surface area contributed by atoms with Gasteiger partial charge in [0.15, 0.2) is 0 Å². The van der Waals surface area contributed by atoms with E-state index in [2.05, 4.69) is 39.9 Å². The summed E-state index contributed by atoms with van der Waals surface area (Å²) in [5.74, 6) is 0.482. The van der Waals surface area contributed by atoms with Crippen LogP contribution in [0.2, 0.25) is 0 Å². The van der Waals surface area contributed by atoms with Crippen molar-refractivity contribution in [3.05, 3.63) is 0 Å². The van der Waals surface area contributed by atoms with Crippen LogP contribution in [0.1, 0.15) is 53.9 Å². The van der Waals surface area contributed by atoms with E-state index in [-0.39, 0.29) is 11.0 Å². The minimum Gasteiger partial charge on any atom is -0.312 e. The fourth-order valence-corrected chi connectivity index (χ4v) is 3.80. The van der Waals surface area contributed by atoms with Gasteiger partial charge in [0, 0.05) is 25.2 Å². The molecule has 0 bridgehead atoms. The highest BCUT2D eigenvalue weighted by Gasteiger charge is 2.30. The lowest BCUT2D eigenvalue weighted by Gasteiger charge is -2.37. The minimum atomic E-state index is -3.03. The summed E-state index contributed by atoms with van der Waals surface area (Å²) in [5, 5.41) is 3.56. The second-order valence-electron chi connectivity index (χ2n) is 8.10. The van der Waals surface area contributed by atoms with Crippen LogP contribution >= 0.6 is 0 Å². The predicted octanol–water partition coefficient (Wildman–Crippen LogP) is 2.46. The van der Waals surface area contributed by atoms with Gasteiger partial charge in [-0.15, -0.1) is 0 Å². The normalized spacial score (nSPS) is 23.0. The molecule has 0 aliphatic carbocycles. The molecule has 1 saturated heterocycles. The van der Waals surface area contributed by atoms with Gasteiger partial charge in [-0.3, -0.25) is 0 Å². The Kier molecular flexibility index (Phi) is 5.67. The molecule has 1 rings (SSSR count). The zero-order valence-electron chi connectivity index (χ0n) is 14.0. The Morgan fingerprint density at radius 3 is 2.30 bits per heavy atom. The van der Waals surface area contributed by atoms with Gasteiger partial charge in [-0.1, -0.05) is 13.8 Å². The van der Waals surface area contributed by atoms with Crippen LogP contribution < -0.4 is 5.32 Å². The van der Waals surface area contributed by atoms with Crippen molar-refractivity contribution in [1.29, 1.82) is 0 Å². The van der Waals surface area contributed by atoms with E-state index in [0.717, 1.165) is 25.8 Å². The molecule has 1 aliphatic rings. The van der Waals surface area contributed by atoms with Gasteiger partial charge in [-0.05, 0) is 51.4 Å². The third kappa shape index (κ3) is 6.55. The molecule has 1 heterocycles. The fourth-order valence-electron chi connectivity index (χ4n) is 2.85. The lowest BCUT2D eigenvalue weighted by Crippen LogP contribution is -2.44. The summed E-state index contributed by atoms with van der Waals surface area (Å²) in [7, 11) is -3.03. The molecule has 0 saturated carbocycles. The highest BCUT2D eigenvalue weighted by molar-refractivity contribution is 7.88. The van der Waals surface area contributed by atoms with Crippen LogP contribution in [0.5, 0.6) is 0 Å². The van der Waals surface area contributed by atoms with E-state index in [9.17, 15) is 8.42 Å². The third-order valence-corrected chi connectivity index (χ3v) is 5.16. The van der Waals surface area contributed by atoms with E-state index >= 15 is 0 Å². The summed E-state index contributed by atoms with van der Waals surface area (Å²) < 4.78 is 25.0. The van der Waals surface area contributed by atoms with Crippen molar-refractivity contribution in [1.82, 2.24) is 9.62 Å². The maximum absolute atomic E-state index is 11.7. The third-order valence-electron chi connectivity index (χ3n) is 3.89. The van der Waals surface area contributed by atoms with Crippen LogP contribution in [0.4, 0.5) is 0 Å². The van der Waals surface area contributed by atoms with Crippen molar-refractivity contribution in [2.45, 2.75) is 59.4 Å². The Morgan fingerprint density at radius 1 is 1.20 bits per heavy atom. The molecule has 1 atom stereocenters. The molecule has 1 fully saturated rings. The first-order valence-corrected chi connectivity index (χ1v) is 9.44. The number of sulfonamides is 1. The standard InChI is InChI=1S/C15H32N2O2S/c1-14(2,3)16-12-15(4,5)10-13-8-7-9-17(11-13)20(6,18)19/h13,16H,7-12H2,1-6H3. The minimum absolute atomic E-state index is 0.128. The van der Waals surface area contributed by atoms with E-state index in [4.69, 9.17) is 0 Å². The largest absolute Gasteiger partial charge is 0.312 e. The zero-order valence-corrected chi connectivity index (χ0v) is 14.8. The lowest BCUT2D eigenvalue weighted by molar-refractivity contribution is 0.177. The van der Waals surface area contributed by atoms with Crippen molar-refractivity contribution >= 4 is 10.0 Å². The summed E-state index contributed by atoms with van der Waals surface area (Å²) in [6.45, 7) is 13.4. The Morgan fingerprint density at radius 2 is 1.80 bits per heavy atom. The summed E-state index contributed by atoms with van der Waals surface area (Å²) in [4.78, 5) is 0. The Balaban J connectivity index is 2.54. The van der Waals surface area contributed by atoms with Gasteiger partial charge in [-0.2, -0.15) is 0 Å². The predicted molar refractivity (Wildman–Crippen MR) is 85.3 cm³/mol. The van der Waals surface area contributed by atoms with Crippen molar-refractivity contribution in [3.8, 4) is 0 Å².